The van der Waals surface area contributed by atoms with E-state index in [1.165, 1.54) is 12.1 Å². The third kappa shape index (κ3) is 2.00. The van der Waals surface area contributed by atoms with E-state index in [0.717, 1.165) is 6.07 Å². The Kier molecular flexibility index (Phi) is 2.58. The van der Waals surface area contributed by atoms with Crippen LogP contribution in [0.3, 0.4) is 0 Å². The average molecular weight is 155 g/mol. The van der Waals surface area contributed by atoms with E-state index in [1.807, 2.05) is 0 Å². The molecule has 0 saturated heterocycles. The highest BCUT2D eigenvalue weighted by Gasteiger charge is 2.01. The highest BCUT2D eigenvalue weighted by atomic mass is 19.1. The van der Waals surface area contributed by atoms with E-state index in [4.69, 9.17) is 0 Å². The van der Waals surface area contributed by atoms with Crippen LogP contribution in [0, 0.1) is 18.6 Å². The van der Waals surface area contributed by atoms with Gasteiger partial charge >= 0.3 is 0 Å². The van der Waals surface area contributed by atoms with Crippen LogP contribution in [0.5, 0.6) is 0 Å². The van der Waals surface area contributed by atoms with Gasteiger partial charge in [0.25, 0.3) is 0 Å². The van der Waals surface area contributed by atoms with Crippen LogP contribution in [0.4, 0.5) is 8.78 Å². The quantitative estimate of drug-likeness (QED) is 0.616. The second-order valence-electron chi connectivity index (χ2n) is 2.34. The van der Waals surface area contributed by atoms with Crippen molar-refractivity contribution in [3.05, 3.63) is 42.3 Å². The highest BCUT2D eigenvalue weighted by molar-refractivity contribution is 5.18. The Labute approximate surface area is 64.9 Å². The van der Waals surface area contributed by atoms with Crippen molar-refractivity contribution in [3.63, 3.8) is 0 Å². The zero-order valence-corrected chi connectivity index (χ0v) is 6.11. The second-order valence-corrected chi connectivity index (χ2v) is 2.34. The molecule has 1 radical (unpaired) electrons. The van der Waals surface area contributed by atoms with E-state index in [9.17, 15) is 8.78 Å². The van der Waals surface area contributed by atoms with E-state index in [1.54, 1.807) is 0 Å². The molecule has 1 aromatic rings. The molecule has 0 aromatic heterocycles. The first kappa shape index (κ1) is 8.18. The molecule has 0 nitrogen and oxygen atoms in total. The Morgan fingerprint density at radius 1 is 1.27 bits per heavy atom. The van der Waals surface area contributed by atoms with Gasteiger partial charge in [-0.1, -0.05) is 13.0 Å². The summed E-state index contributed by atoms with van der Waals surface area (Å²) in [7, 11) is 0. The fourth-order valence-corrected chi connectivity index (χ4v) is 0.915. The summed E-state index contributed by atoms with van der Waals surface area (Å²) in [6.07, 6.45) is 1.19. The predicted octanol–water partition coefficient (Wildman–Crippen LogP) is 2.73. The maximum Gasteiger partial charge on any atom is 0.129 e. The summed E-state index contributed by atoms with van der Waals surface area (Å²) >= 11 is 0. The van der Waals surface area contributed by atoms with Crippen LogP contribution in [-0.4, -0.2) is 0 Å². The summed E-state index contributed by atoms with van der Waals surface area (Å²) < 4.78 is 25.1. The van der Waals surface area contributed by atoms with Crippen LogP contribution in [-0.2, 0) is 6.42 Å². The van der Waals surface area contributed by atoms with E-state index in [-0.39, 0.29) is 0 Å². The zero-order valence-electron chi connectivity index (χ0n) is 6.11. The first-order valence-electron chi connectivity index (χ1n) is 3.47. The Balaban J connectivity index is 2.90. The standard InChI is InChI=1S/C9H9F2/c1-2-3-7-4-5-8(10)6-9(7)11/h4-6H,1-3H2. The number of hydrogen-bond donors (Lipinski definition) is 0. The lowest BCUT2D eigenvalue weighted by atomic mass is 10.1. The molecule has 11 heavy (non-hydrogen) atoms. The van der Waals surface area contributed by atoms with Crippen LogP contribution < -0.4 is 0 Å². The zero-order chi connectivity index (χ0) is 8.27. The minimum atomic E-state index is -0.532. The first-order valence-corrected chi connectivity index (χ1v) is 3.47. The Morgan fingerprint density at radius 3 is 2.55 bits per heavy atom. The summed E-state index contributed by atoms with van der Waals surface area (Å²) in [5.41, 5.74) is 0.529. The largest absolute Gasteiger partial charge is 0.207 e. The Morgan fingerprint density at radius 2 is 2.00 bits per heavy atom. The summed E-state index contributed by atoms with van der Waals surface area (Å²) in [4.78, 5) is 0. The molecule has 59 valence electrons. The van der Waals surface area contributed by atoms with Gasteiger partial charge in [-0.05, 0) is 24.5 Å². The van der Waals surface area contributed by atoms with Crippen molar-refractivity contribution in [2.75, 3.05) is 0 Å². The molecule has 0 atom stereocenters. The molecule has 0 spiro atoms. The lowest BCUT2D eigenvalue weighted by Crippen LogP contribution is -1.90. The number of aryl methyl sites for hydroxylation is 1. The van der Waals surface area contributed by atoms with Crippen molar-refractivity contribution in [2.24, 2.45) is 0 Å². The maximum atomic E-state index is 12.8. The maximum absolute atomic E-state index is 12.8. The van der Waals surface area contributed by atoms with Crippen molar-refractivity contribution in [1.29, 1.82) is 0 Å². The van der Waals surface area contributed by atoms with Gasteiger partial charge in [0.05, 0.1) is 0 Å². The molecular weight excluding hydrogens is 146 g/mol. The fourth-order valence-electron chi connectivity index (χ4n) is 0.915. The second kappa shape index (κ2) is 3.46. The molecule has 2 heteroatoms. The molecule has 0 bridgehead atoms. The lowest BCUT2D eigenvalue weighted by Gasteiger charge is -1.99. The van der Waals surface area contributed by atoms with Crippen molar-refractivity contribution >= 4 is 0 Å². The van der Waals surface area contributed by atoms with Crippen LogP contribution in [0.25, 0.3) is 0 Å². The van der Waals surface area contributed by atoms with E-state index in [2.05, 4.69) is 6.92 Å². The smallest absolute Gasteiger partial charge is 0.129 e. The monoisotopic (exact) mass is 155 g/mol. The summed E-state index contributed by atoms with van der Waals surface area (Å²) in [6.45, 7) is 3.58. The van der Waals surface area contributed by atoms with Crippen molar-refractivity contribution in [1.82, 2.24) is 0 Å². The van der Waals surface area contributed by atoms with Gasteiger partial charge < -0.3 is 0 Å². The van der Waals surface area contributed by atoms with Crippen molar-refractivity contribution in [3.8, 4) is 0 Å². The van der Waals surface area contributed by atoms with E-state index < -0.39 is 11.6 Å². The Bertz CT molecular complexity index is 243. The molecule has 0 aliphatic carbocycles. The number of halogens is 2. The topological polar surface area (TPSA) is 0 Å². The molecule has 0 heterocycles. The molecule has 1 rings (SSSR count). The minimum Gasteiger partial charge on any atom is -0.207 e. The van der Waals surface area contributed by atoms with E-state index >= 15 is 0 Å². The molecule has 0 unspecified atom stereocenters. The normalized spacial score (nSPS) is 10.1. The third-order valence-corrected chi connectivity index (χ3v) is 1.46. The van der Waals surface area contributed by atoms with Crippen LogP contribution in [0.2, 0.25) is 0 Å². The molecule has 0 aliphatic heterocycles. The average Bonchev–Trinajstić information content (AvgIpc) is 1.95. The van der Waals surface area contributed by atoms with Gasteiger partial charge in [0.15, 0.2) is 0 Å². The highest BCUT2D eigenvalue weighted by Crippen LogP contribution is 2.10. The molecule has 0 saturated carbocycles. The third-order valence-electron chi connectivity index (χ3n) is 1.46. The molecule has 1 aromatic carbocycles. The van der Waals surface area contributed by atoms with Gasteiger partial charge in [-0.15, -0.1) is 0 Å². The predicted molar refractivity (Wildman–Crippen MR) is 40.0 cm³/mol. The van der Waals surface area contributed by atoms with Gasteiger partial charge in [0.1, 0.15) is 11.6 Å². The molecule has 0 N–H and O–H groups in total. The SMILES string of the molecule is [CH2]CCc1ccc(F)cc1F. The first-order chi connectivity index (χ1) is 5.24. The summed E-state index contributed by atoms with van der Waals surface area (Å²) in [5.74, 6) is -1.01. The lowest BCUT2D eigenvalue weighted by molar-refractivity contribution is 0.572. The number of benzene rings is 1. The van der Waals surface area contributed by atoms with E-state index in [0.29, 0.717) is 18.4 Å². The molecule has 0 aliphatic rings. The van der Waals surface area contributed by atoms with Crippen molar-refractivity contribution in [2.45, 2.75) is 12.8 Å². The van der Waals surface area contributed by atoms with Gasteiger partial charge in [0, 0.05) is 6.07 Å². The molecular formula is C9H9F2. The van der Waals surface area contributed by atoms with Crippen molar-refractivity contribution < 1.29 is 8.78 Å². The van der Waals surface area contributed by atoms with Gasteiger partial charge in [-0.2, -0.15) is 0 Å². The van der Waals surface area contributed by atoms with Gasteiger partial charge in [-0.3, -0.25) is 0 Å². The van der Waals surface area contributed by atoms with Gasteiger partial charge in [-0.25, -0.2) is 8.78 Å². The van der Waals surface area contributed by atoms with Gasteiger partial charge in [0.2, 0.25) is 0 Å². The van der Waals surface area contributed by atoms with Crippen LogP contribution in [0.1, 0.15) is 12.0 Å². The summed E-state index contributed by atoms with van der Waals surface area (Å²) in [5, 5.41) is 0. The number of rotatable bonds is 2. The van der Waals surface area contributed by atoms with Crippen LogP contribution >= 0.6 is 0 Å². The number of hydrogen-bond acceptors (Lipinski definition) is 0. The minimum absolute atomic E-state index is 0.478. The Hall–Kier alpha value is -0.920. The van der Waals surface area contributed by atoms with Crippen LogP contribution in [0.15, 0.2) is 18.2 Å². The molecule has 0 fully saturated rings. The fraction of sp³-hybridized carbons (Fsp3) is 0.222. The molecule has 0 amide bonds. The summed E-state index contributed by atoms with van der Waals surface area (Å²) in [6, 6.07) is 3.61.